The lowest BCUT2D eigenvalue weighted by atomic mass is 9.79. The van der Waals surface area contributed by atoms with Crippen molar-refractivity contribution in [3.8, 4) is 0 Å². The summed E-state index contributed by atoms with van der Waals surface area (Å²) >= 11 is 0. The zero-order chi connectivity index (χ0) is 8.77. The number of rotatable bonds is 2. The van der Waals surface area contributed by atoms with Gasteiger partial charge in [-0.1, -0.05) is 12.2 Å². The molecule has 1 N–H and O–H groups in total. The molecular weight excluding hydrogens is 152 g/mol. The molecule has 0 radical (unpaired) electrons. The molecule has 68 valence electrons. The maximum absolute atomic E-state index is 9.07. The lowest BCUT2D eigenvalue weighted by Crippen LogP contribution is -2.27. The predicted octanol–water partition coefficient (Wildman–Crippen LogP) is 1.49. The van der Waals surface area contributed by atoms with Crippen LogP contribution < -0.4 is 0 Å². The summed E-state index contributed by atoms with van der Waals surface area (Å²) in [5, 5.41) is 9.07. The highest BCUT2D eigenvalue weighted by Crippen LogP contribution is 2.50. The van der Waals surface area contributed by atoms with Gasteiger partial charge in [0.05, 0.1) is 12.7 Å². The summed E-state index contributed by atoms with van der Waals surface area (Å²) in [5.74, 6) is 0.622. The molecule has 1 aliphatic heterocycles. The molecule has 0 spiro atoms. The lowest BCUT2D eigenvalue weighted by Gasteiger charge is -2.23. The second-order valence-corrected chi connectivity index (χ2v) is 4.15. The second kappa shape index (κ2) is 2.57. The van der Waals surface area contributed by atoms with Crippen LogP contribution in [0.25, 0.3) is 0 Å². The Balaban J connectivity index is 1.96. The molecular formula is C10H16O2. The van der Waals surface area contributed by atoms with Gasteiger partial charge in [-0.25, -0.2) is 0 Å². The van der Waals surface area contributed by atoms with Crippen molar-refractivity contribution in [1.82, 2.24) is 0 Å². The van der Waals surface area contributed by atoms with Crippen molar-refractivity contribution < 1.29 is 9.84 Å². The van der Waals surface area contributed by atoms with Crippen LogP contribution >= 0.6 is 0 Å². The van der Waals surface area contributed by atoms with Crippen LogP contribution in [0.1, 0.15) is 26.2 Å². The van der Waals surface area contributed by atoms with Crippen LogP contribution in [0.5, 0.6) is 0 Å². The normalized spacial score (nSPS) is 45.2. The fourth-order valence-electron chi connectivity index (χ4n) is 2.19. The summed E-state index contributed by atoms with van der Waals surface area (Å²) in [7, 11) is 0. The quantitative estimate of drug-likeness (QED) is 0.500. The zero-order valence-corrected chi connectivity index (χ0v) is 7.55. The van der Waals surface area contributed by atoms with E-state index in [2.05, 4.69) is 13.5 Å². The van der Waals surface area contributed by atoms with E-state index in [4.69, 9.17) is 9.84 Å². The second-order valence-electron chi connectivity index (χ2n) is 4.15. The van der Waals surface area contributed by atoms with E-state index in [9.17, 15) is 0 Å². The van der Waals surface area contributed by atoms with Crippen molar-refractivity contribution in [1.29, 1.82) is 0 Å². The third kappa shape index (κ3) is 1.10. The Labute approximate surface area is 73.2 Å². The van der Waals surface area contributed by atoms with E-state index in [0.717, 1.165) is 19.3 Å². The molecule has 1 aliphatic carbocycles. The number of epoxide rings is 1. The summed E-state index contributed by atoms with van der Waals surface area (Å²) < 4.78 is 5.50. The Kier molecular flexibility index (Phi) is 1.77. The Bertz CT molecular complexity index is 212. The minimum atomic E-state index is -0.133. The molecule has 12 heavy (non-hydrogen) atoms. The summed E-state index contributed by atoms with van der Waals surface area (Å²) in [6.45, 7) is 6.24. The smallest absolute Gasteiger partial charge is 0.118 e. The molecule has 2 aliphatic rings. The number of aliphatic hydroxyl groups is 1. The Morgan fingerprint density at radius 1 is 1.75 bits per heavy atom. The first-order valence-electron chi connectivity index (χ1n) is 4.62. The average molecular weight is 168 g/mol. The first-order chi connectivity index (χ1) is 5.68. The third-order valence-electron chi connectivity index (χ3n) is 3.29. The molecule has 1 heterocycles. The van der Waals surface area contributed by atoms with Gasteiger partial charge in [-0.05, 0) is 32.1 Å². The maximum atomic E-state index is 9.07. The van der Waals surface area contributed by atoms with Crippen LogP contribution in [-0.4, -0.2) is 23.4 Å². The van der Waals surface area contributed by atoms with Gasteiger partial charge in [0.1, 0.15) is 5.60 Å². The molecule has 0 aromatic heterocycles. The highest BCUT2D eigenvalue weighted by molar-refractivity contribution is 5.11. The van der Waals surface area contributed by atoms with Crippen LogP contribution in [0.2, 0.25) is 0 Å². The van der Waals surface area contributed by atoms with E-state index >= 15 is 0 Å². The molecule has 2 nitrogen and oxygen atoms in total. The largest absolute Gasteiger partial charge is 0.393 e. The fourth-order valence-corrected chi connectivity index (χ4v) is 2.19. The minimum absolute atomic E-state index is 0.133. The number of fused-ring (bicyclic) bond motifs is 1. The maximum Gasteiger partial charge on any atom is 0.118 e. The van der Waals surface area contributed by atoms with Gasteiger partial charge >= 0.3 is 0 Å². The van der Waals surface area contributed by atoms with E-state index < -0.39 is 0 Å². The molecule has 1 saturated heterocycles. The van der Waals surface area contributed by atoms with Crippen LogP contribution in [0, 0.1) is 5.92 Å². The van der Waals surface area contributed by atoms with Gasteiger partial charge in [0, 0.05) is 0 Å². The molecule has 0 aromatic carbocycles. The molecule has 0 amide bonds. The Morgan fingerprint density at radius 2 is 2.50 bits per heavy atom. The standard InChI is InChI=1S/C10H16O2/c1-7(2)8-3-4-10(6-11)9(5-8)12-10/h8-9,11H,1,3-6H2,2H3/t8-,9+,10+/m1/s1. The minimum Gasteiger partial charge on any atom is -0.393 e. The van der Waals surface area contributed by atoms with Crippen molar-refractivity contribution in [3.63, 3.8) is 0 Å². The number of hydrogen-bond donors (Lipinski definition) is 1. The topological polar surface area (TPSA) is 32.8 Å². The highest BCUT2D eigenvalue weighted by Gasteiger charge is 2.58. The fraction of sp³-hybridized carbons (Fsp3) is 0.800. The van der Waals surface area contributed by atoms with Crippen molar-refractivity contribution in [3.05, 3.63) is 12.2 Å². The highest BCUT2D eigenvalue weighted by atomic mass is 16.6. The van der Waals surface area contributed by atoms with E-state index in [1.54, 1.807) is 0 Å². The van der Waals surface area contributed by atoms with Crippen molar-refractivity contribution in [2.75, 3.05) is 6.61 Å². The van der Waals surface area contributed by atoms with Gasteiger partial charge in [0.25, 0.3) is 0 Å². The lowest BCUT2D eigenvalue weighted by molar-refractivity contribution is 0.160. The Morgan fingerprint density at radius 3 is 3.00 bits per heavy atom. The molecule has 0 unspecified atom stereocenters. The first kappa shape index (κ1) is 8.27. The van der Waals surface area contributed by atoms with Gasteiger partial charge in [0.15, 0.2) is 0 Å². The van der Waals surface area contributed by atoms with E-state index in [-0.39, 0.29) is 12.2 Å². The van der Waals surface area contributed by atoms with E-state index in [0.29, 0.717) is 12.0 Å². The molecule has 0 bridgehead atoms. The summed E-state index contributed by atoms with van der Waals surface area (Å²) in [6.07, 6.45) is 3.52. The first-order valence-corrected chi connectivity index (χ1v) is 4.62. The number of aliphatic hydroxyl groups excluding tert-OH is 1. The van der Waals surface area contributed by atoms with E-state index in [1.165, 1.54) is 5.57 Å². The third-order valence-corrected chi connectivity index (χ3v) is 3.29. The molecule has 2 heteroatoms. The number of ether oxygens (including phenoxy) is 1. The van der Waals surface area contributed by atoms with Gasteiger partial charge < -0.3 is 9.84 Å². The molecule has 3 atom stereocenters. The van der Waals surface area contributed by atoms with Crippen molar-refractivity contribution >= 4 is 0 Å². The van der Waals surface area contributed by atoms with Gasteiger partial charge in [-0.15, -0.1) is 0 Å². The molecule has 2 rings (SSSR count). The van der Waals surface area contributed by atoms with Gasteiger partial charge in [0.2, 0.25) is 0 Å². The summed E-state index contributed by atoms with van der Waals surface area (Å²) in [4.78, 5) is 0. The van der Waals surface area contributed by atoms with Crippen LogP contribution in [0.4, 0.5) is 0 Å². The molecule has 2 fully saturated rings. The number of allylic oxidation sites excluding steroid dienone is 1. The van der Waals surface area contributed by atoms with Crippen molar-refractivity contribution in [2.24, 2.45) is 5.92 Å². The SMILES string of the molecule is C=C(C)[C@@H]1CC[C@@]2(CO)O[C@H]2C1. The molecule has 0 aromatic rings. The Hall–Kier alpha value is -0.340. The van der Waals surface area contributed by atoms with Gasteiger partial charge in [-0.2, -0.15) is 0 Å². The average Bonchev–Trinajstić information content (AvgIpc) is 2.77. The summed E-state index contributed by atoms with van der Waals surface area (Å²) in [6, 6.07) is 0. The van der Waals surface area contributed by atoms with Crippen molar-refractivity contribution in [2.45, 2.75) is 37.9 Å². The van der Waals surface area contributed by atoms with Gasteiger partial charge in [-0.3, -0.25) is 0 Å². The number of hydrogen-bond acceptors (Lipinski definition) is 2. The monoisotopic (exact) mass is 168 g/mol. The van der Waals surface area contributed by atoms with Crippen LogP contribution in [0.15, 0.2) is 12.2 Å². The van der Waals surface area contributed by atoms with E-state index in [1.807, 2.05) is 0 Å². The zero-order valence-electron chi connectivity index (χ0n) is 7.55. The predicted molar refractivity (Wildman–Crippen MR) is 46.8 cm³/mol. The van der Waals surface area contributed by atoms with Crippen LogP contribution in [0.3, 0.4) is 0 Å². The van der Waals surface area contributed by atoms with Crippen LogP contribution in [-0.2, 0) is 4.74 Å². The molecule has 1 saturated carbocycles. The summed E-state index contributed by atoms with van der Waals surface area (Å²) in [5.41, 5.74) is 1.13.